The zero-order valence-electron chi connectivity index (χ0n) is 14.3. The lowest BCUT2D eigenvalue weighted by molar-refractivity contribution is -0.145. The average Bonchev–Trinajstić information content (AvgIpc) is 2.61. The van der Waals surface area contributed by atoms with Crippen molar-refractivity contribution in [2.75, 3.05) is 26.2 Å². The highest BCUT2D eigenvalue weighted by Crippen LogP contribution is 2.37. The predicted molar refractivity (Wildman–Crippen MR) is 91.7 cm³/mol. The van der Waals surface area contributed by atoms with Crippen LogP contribution in [-0.4, -0.2) is 48.6 Å². The van der Waals surface area contributed by atoms with Crippen LogP contribution in [0.5, 0.6) is 0 Å². The number of ether oxygens (including phenoxy) is 1. The zero-order chi connectivity index (χ0) is 17.0. The zero-order valence-corrected chi connectivity index (χ0v) is 14.3. The highest BCUT2D eigenvalue weighted by Gasteiger charge is 2.40. The Morgan fingerprint density at radius 1 is 1.25 bits per heavy atom. The van der Waals surface area contributed by atoms with Crippen molar-refractivity contribution in [3.63, 3.8) is 0 Å². The van der Waals surface area contributed by atoms with E-state index >= 15 is 0 Å². The predicted octanol–water partition coefficient (Wildman–Crippen LogP) is 2.22. The van der Waals surface area contributed by atoms with E-state index < -0.39 is 0 Å². The second kappa shape index (κ2) is 7.34. The van der Waals surface area contributed by atoms with E-state index in [0.717, 1.165) is 45.4 Å². The van der Waals surface area contributed by atoms with Gasteiger partial charge in [0.2, 0.25) is 5.91 Å². The average molecular weight is 330 g/mol. The van der Waals surface area contributed by atoms with Crippen LogP contribution < -0.4 is 5.32 Å². The Morgan fingerprint density at radius 3 is 2.62 bits per heavy atom. The van der Waals surface area contributed by atoms with E-state index in [1.54, 1.807) is 6.92 Å². The summed E-state index contributed by atoms with van der Waals surface area (Å²) in [6.45, 7) is 4.61. The molecule has 5 nitrogen and oxygen atoms in total. The van der Waals surface area contributed by atoms with Crippen molar-refractivity contribution >= 4 is 11.8 Å². The Kier molecular flexibility index (Phi) is 5.19. The molecule has 130 valence electrons. The van der Waals surface area contributed by atoms with Crippen molar-refractivity contribution < 1.29 is 14.3 Å². The number of benzene rings is 1. The van der Waals surface area contributed by atoms with Gasteiger partial charge < -0.3 is 15.0 Å². The standard InChI is InChI=1S/C19H26N2O3/c1-15(22)21-10-8-19(9-11-21)13-16(7-12-24-19)14-20-18(23)17-5-3-2-4-6-17/h2-6,16H,7-14H2,1H3,(H,20,23). The summed E-state index contributed by atoms with van der Waals surface area (Å²) in [5.41, 5.74) is 0.598. The number of rotatable bonds is 3. The van der Waals surface area contributed by atoms with Gasteiger partial charge >= 0.3 is 0 Å². The molecule has 0 radical (unpaired) electrons. The van der Waals surface area contributed by atoms with Crippen molar-refractivity contribution in [1.29, 1.82) is 0 Å². The molecule has 2 fully saturated rings. The quantitative estimate of drug-likeness (QED) is 0.924. The lowest BCUT2D eigenvalue weighted by Crippen LogP contribution is -2.51. The van der Waals surface area contributed by atoms with Gasteiger partial charge in [0, 0.05) is 38.7 Å². The number of nitrogens with one attached hydrogen (secondary N) is 1. The first-order valence-corrected chi connectivity index (χ1v) is 8.81. The Hall–Kier alpha value is -1.88. The van der Waals surface area contributed by atoms with E-state index in [-0.39, 0.29) is 17.4 Å². The molecule has 1 N–H and O–H groups in total. The molecular formula is C19H26N2O3. The summed E-state index contributed by atoms with van der Waals surface area (Å²) in [5, 5.41) is 3.06. The van der Waals surface area contributed by atoms with Gasteiger partial charge in [-0.05, 0) is 43.7 Å². The monoisotopic (exact) mass is 330 g/mol. The molecular weight excluding hydrogens is 304 g/mol. The highest BCUT2D eigenvalue weighted by molar-refractivity contribution is 5.94. The highest BCUT2D eigenvalue weighted by atomic mass is 16.5. The van der Waals surface area contributed by atoms with E-state index in [9.17, 15) is 9.59 Å². The molecule has 5 heteroatoms. The smallest absolute Gasteiger partial charge is 0.251 e. The fourth-order valence-corrected chi connectivity index (χ4v) is 3.81. The number of hydrogen-bond acceptors (Lipinski definition) is 3. The number of carbonyl (C=O) groups is 2. The number of hydrogen-bond donors (Lipinski definition) is 1. The second-order valence-electron chi connectivity index (χ2n) is 6.97. The first-order chi connectivity index (χ1) is 11.6. The van der Waals surface area contributed by atoms with E-state index in [4.69, 9.17) is 4.74 Å². The number of nitrogens with zero attached hydrogens (tertiary/aromatic N) is 1. The van der Waals surface area contributed by atoms with Gasteiger partial charge in [0.15, 0.2) is 0 Å². The Morgan fingerprint density at radius 2 is 1.96 bits per heavy atom. The van der Waals surface area contributed by atoms with Crippen molar-refractivity contribution in [2.45, 2.75) is 38.2 Å². The SMILES string of the molecule is CC(=O)N1CCC2(CC1)CC(CNC(=O)c1ccccc1)CCO2. The maximum Gasteiger partial charge on any atom is 0.251 e. The third-order valence-corrected chi connectivity index (χ3v) is 5.30. The summed E-state index contributed by atoms with van der Waals surface area (Å²) < 4.78 is 6.11. The molecule has 2 heterocycles. The first kappa shape index (κ1) is 17.0. The molecule has 1 spiro atoms. The van der Waals surface area contributed by atoms with Gasteiger partial charge in [-0.15, -0.1) is 0 Å². The third kappa shape index (κ3) is 3.96. The second-order valence-corrected chi connectivity index (χ2v) is 6.97. The molecule has 0 bridgehead atoms. The minimum atomic E-state index is -0.105. The number of piperidine rings is 1. The molecule has 1 unspecified atom stereocenters. The third-order valence-electron chi connectivity index (χ3n) is 5.30. The fraction of sp³-hybridized carbons (Fsp3) is 0.579. The molecule has 0 aromatic heterocycles. The molecule has 2 aliphatic heterocycles. The van der Waals surface area contributed by atoms with Gasteiger partial charge in [-0.25, -0.2) is 0 Å². The van der Waals surface area contributed by atoms with Crippen LogP contribution in [0.2, 0.25) is 0 Å². The Labute approximate surface area is 143 Å². The minimum Gasteiger partial charge on any atom is -0.375 e. The Bertz CT molecular complexity index is 580. The van der Waals surface area contributed by atoms with E-state index in [1.807, 2.05) is 35.2 Å². The van der Waals surface area contributed by atoms with Crippen molar-refractivity contribution in [3.05, 3.63) is 35.9 Å². The summed E-state index contributed by atoms with van der Waals surface area (Å²) in [5.74, 6) is 0.574. The molecule has 1 aromatic carbocycles. The van der Waals surface area contributed by atoms with Crippen molar-refractivity contribution in [2.24, 2.45) is 5.92 Å². The van der Waals surface area contributed by atoms with Crippen LogP contribution in [0.15, 0.2) is 30.3 Å². The maximum absolute atomic E-state index is 12.2. The maximum atomic E-state index is 12.2. The fourth-order valence-electron chi connectivity index (χ4n) is 3.81. The largest absolute Gasteiger partial charge is 0.375 e. The minimum absolute atomic E-state index is 0.0115. The first-order valence-electron chi connectivity index (χ1n) is 8.81. The van der Waals surface area contributed by atoms with Gasteiger partial charge in [0.05, 0.1) is 5.60 Å². The summed E-state index contributed by atoms with van der Waals surface area (Å²) in [7, 11) is 0. The Balaban J connectivity index is 1.51. The molecule has 0 saturated carbocycles. The summed E-state index contributed by atoms with van der Waals surface area (Å²) in [6.07, 6.45) is 3.74. The molecule has 0 aliphatic carbocycles. The van der Waals surface area contributed by atoms with E-state index in [0.29, 0.717) is 18.0 Å². The van der Waals surface area contributed by atoms with E-state index in [2.05, 4.69) is 5.32 Å². The normalized spacial score (nSPS) is 23.0. The molecule has 2 amide bonds. The van der Waals surface area contributed by atoms with Crippen LogP contribution in [-0.2, 0) is 9.53 Å². The van der Waals surface area contributed by atoms with Crippen LogP contribution in [0.4, 0.5) is 0 Å². The number of likely N-dealkylation sites (tertiary alicyclic amines) is 1. The van der Waals surface area contributed by atoms with Crippen LogP contribution in [0.1, 0.15) is 43.0 Å². The summed E-state index contributed by atoms with van der Waals surface area (Å²) in [6, 6.07) is 9.32. The molecule has 2 aliphatic rings. The van der Waals surface area contributed by atoms with Gasteiger partial charge in [0.25, 0.3) is 5.91 Å². The topological polar surface area (TPSA) is 58.6 Å². The van der Waals surface area contributed by atoms with Gasteiger partial charge in [-0.1, -0.05) is 18.2 Å². The van der Waals surface area contributed by atoms with Gasteiger partial charge in [0.1, 0.15) is 0 Å². The van der Waals surface area contributed by atoms with Gasteiger partial charge in [-0.3, -0.25) is 9.59 Å². The molecule has 1 atom stereocenters. The molecule has 3 rings (SSSR count). The molecule has 2 saturated heterocycles. The van der Waals surface area contributed by atoms with Crippen LogP contribution in [0.3, 0.4) is 0 Å². The lowest BCUT2D eigenvalue weighted by Gasteiger charge is -2.46. The molecule has 1 aromatic rings. The number of amides is 2. The summed E-state index contributed by atoms with van der Waals surface area (Å²) >= 11 is 0. The lowest BCUT2D eigenvalue weighted by atomic mass is 9.79. The van der Waals surface area contributed by atoms with Crippen LogP contribution >= 0.6 is 0 Å². The summed E-state index contributed by atoms with van der Waals surface area (Å²) in [4.78, 5) is 25.6. The van der Waals surface area contributed by atoms with Crippen LogP contribution in [0.25, 0.3) is 0 Å². The van der Waals surface area contributed by atoms with Gasteiger partial charge in [-0.2, -0.15) is 0 Å². The van der Waals surface area contributed by atoms with Crippen molar-refractivity contribution in [1.82, 2.24) is 10.2 Å². The number of carbonyl (C=O) groups excluding carboxylic acids is 2. The van der Waals surface area contributed by atoms with E-state index in [1.165, 1.54) is 0 Å². The molecule has 24 heavy (non-hydrogen) atoms. The van der Waals surface area contributed by atoms with Crippen molar-refractivity contribution in [3.8, 4) is 0 Å². The van der Waals surface area contributed by atoms with Crippen LogP contribution in [0, 0.1) is 5.92 Å².